The van der Waals surface area contributed by atoms with Crippen LogP contribution in [0.5, 0.6) is 5.75 Å². The van der Waals surface area contributed by atoms with E-state index in [9.17, 15) is 0 Å². The highest BCUT2D eigenvalue weighted by Crippen LogP contribution is 2.29. The molecule has 0 aliphatic rings. The van der Waals surface area contributed by atoms with Crippen LogP contribution in [0.25, 0.3) is 4.98 Å². The first-order valence-electron chi connectivity index (χ1n) is 5.11. The standard InChI is InChI=1S/C13H10BrN2O/c14-12-8-11(16-15)6-7-13(12)17-9-10-4-2-1-3-5-10/h1-8H,9H2/q+1. The van der Waals surface area contributed by atoms with Crippen LogP contribution < -0.4 is 4.74 Å². The van der Waals surface area contributed by atoms with Crippen molar-refractivity contribution < 1.29 is 4.74 Å². The third-order valence-corrected chi connectivity index (χ3v) is 2.89. The molecular weight excluding hydrogens is 280 g/mol. The second-order valence-electron chi connectivity index (χ2n) is 3.49. The van der Waals surface area contributed by atoms with E-state index < -0.39 is 0 Å². The highest BCUT2D eigenvalue weighted by Gasteiger charge is 2.09. The number of nitrogens with zero attached hydrogens (tertiary/aromatic N) is 2. The zero-order valence-electron chi connectivity index (χ0n) is 9.01. The van der Waals surface area contributed by atoms with Crippen molar-refractivity contribution in [2.45, 2.75) is 6.61 Å². The number of rotatable bonds is 3. The molecule has 4 heteroatoms. The highest BCUT2D eigenvalue weighted by molar-refractivity contribution is 9.10. The lowest BCUT2D eigenvalue weighted by Crippen LogP contribution is -1.95. The van der Waals surface area contributed by atoms with Crippen LogP contribution >= 0.6 is 15.9 Å². The third-order valence-electron chi connectivity index (χ3n) is 2.27. The average molecular weight is 290 g/mol. The Morgan fingerprint density at radius 2 is 1.88 bits per heavy atom. The van der Waals surface area contributed by atoms with Gasteiger partial charge >= 0.3 is 5.69 Å². The molecule has 17 heavy (non-hydrogen) atoms. The maximum atomic E-state index is 8.62. The van der Waals surface area contributed by atoms with E-state index in [1.165, 1.54) is 0 Å². The third kappa shape index (κ3) is 3.05. The van der Waals surface area contributed by atoms with Gasteiger partial charge in [-0.05, 0) is 27.6 Å². The second-order valence-corrected chi connectivity index (χ2v) is 4.34. The molecule has 2 aromatic carbocycles. The summed E-state index contributed by atoms with van der Waals surface area (Å²) in [5.74, 6) is 0.723. The van der Waals surface area contributed by atoms with Crippen LogP contribution in [0.3, 0.4) is 0 Å². The minimum Gasteiger partial charge on any atom is -0.488 e. The SMILES string of the molecule is N#[N+]c1ccc(OCc2ccccc2)c(Br)c1. The zero-order chi connectivity index (χ0) is 12.1. The molecule has 0 atom stereocenters. The zero-order valence-corrected chi connectivity index (χ0v) is 10.6. The Bertz CT molecular complexity index is 549. The van der Waals surface area contributed by atoms with Gasteiger partial charge in [-0.1, -0.05) is 30.3 Å². The molecule has 84 valence electrons. The monoisotopic (exact) mass is 289 g/mol. The molecule has 2 rings (SSSR count). The lowest BCUT2D eigenvalue weighted by molar-refractivity contribution is 0.304. The molecule has 0 aliphatic heterocycles. The largest absolute Gasteiger partial charge is 0.488 e. The molecule has 0 radical (unpaired) electrons. The van der Waals surface area contributed by atoms with Crippen LogP contribution in [0.2, 0.25) is 0 Å². The first kappa shape index (κ1) is 11.6. The lowest BCUT2D eigenvalue weighted by Gasteiger charge is -2.06. The predicted molar refractivity (Wildman–Crippen MR) is 69.7 cm³/mol. The summed E-state index contributed by atoms with van der Waals surface area (Å²) in [4.78, 5) is 3.11. The van der Waals surface area contributed by atoms with Crippen molar-refractivity contribution in [1.29, 1.82) is 5.39 Å². The molecule has 0 N–H and O–H groups in total. The molecule has 0 saturated heterocycles. The lowest BCUT2D eigenvalue weighted by atomic mass is 10.2. The summed E-state index contributed by atoms with van der Waals surface area (Å²) in [6.07, 6.45) is 0. The van der Waals surface area contributed by atoms with E-state index >= 15 is 0 Å². The number of diazo groups is 1. The molecule has 0 saturated carbocycles. The molecule has 3 nitrogen and oxygen atoms in total. The normalized spacial score (nSPS) is 9.65. The molecular formula is C13H10BrN2O+. The Balaban J connectivity index is 2.08. The minimum atomic E-state index is 0.490. The van der Waals surface area contributed by atoms with E-state index in [1.807, 2.05) is 30.3 Å². The van der Waals surface area contributed by atoms with Gasteiger partial charge in [0.05, 0.1) is 10.5 Å². The van der Waals surface area contributed by atoms with Crippen LogP contribution in [-0.2, 0) is 6.61 Å². The molecule has 2 aromatic rings. The summed E-state index contributed by atoms with van der Waals surface area (Å²) in [7, 11) is 0. The van der Waals surface area contributed by atoms with E-state index in [2.05, 4.69) is 20.9 Å². The number of ether oxygens (including phenoxy) is 1. The van der Waals surface area contributed by atoms with E-state index in [0.29, 0.717) is 12.3 Å². The fourth-order valence-electron chi connectivity index (χ4n) is 1.40. The van der Waals surface area contributed by atoms with E-state index in [0.717, 1.165) is 15.8 Å². The molecule has 0 amide bonds. The Morgan fingerprint density at radius 3 is 2.53 bits per heavy atom. The van der Waals surface area contributed by atoms with Gasteiger partial charge in [0.2, 0.25) is 5.39 Å². The summed E-state index contributed by atoms with van der Waals surface area (Å²) in [6, 6.07) is 15.1. The molecule has 0 aliphatic carbocycles. The van der Waals surface area contributed by atoms with Gasteiger partial charge in [-0.3, -0.25) is 0 Å². The van der Waals surface area contributed by atoms with Crippen LogP contribution in [0, 0.1) is 5.39 Å². The summed E-state index contributed by atoms with van der Waals surface area (Å²) in [6.45, 7) is 0.509. The molecule has 0 aromatic heterocycles. The number of benzene rings is 2. The predicted octanol–water partition coefficient (Wildman–Crippen LogP) is 4.51. The van der Waals surface area contributed by atoms with Gasteiger partial charge in [0.25, 0.3) is 0 Å². The van der Waals surface area contributed by atoms with Gasteiger partial charge in [-0.25, -0.2) is 0 Å². The smallest absolute Gasteiger partial charge is 0.386 e. The van der Waals surface area contributed by atoms with Crippen molar-refractivity contribution in [3.63, 3.8) is 0 Å². The van der Waals surface area contributed by atoms with Gasteiger partial charge in [-0.2, -0.15) is 0 Å². The Labute approximate surface area is 108 Å². The Morgan fingerprint density at radius 1 is 1.12 bits per heavy atom. The Kier molecular flexibility index (Phi) is 3.73. The van der Waals surface area contributed by atoms with Gasteiger partial charge < -0.3 is 4.74 Å². The summed E-state index contributed by atoms with van der Waals surface area (Å²) < 4.78 is 6.42. The summed E-state index contributed by atoms with van der Waals surface area (Å²) in [5, 5.41) is 8.62. The summed E-state index contributed by atoms with van der Waals surface area (Å²) >= 11 is 3.37. The summed E-state index contributed by atoms with van der Waals surface area (Å²) in [5.41, 5.74) is 1.60. The fraction of sp³-hybridized carbons (Fsp3) is 0.0769. The first-order valence-corrected chi connectivity index (χ1v) is 5.90. The van der Waals surface area contributed by atoms with E-state index in [-0.39, 0.29) is 0 Å². The fourth-order valence-corrected chi connectivity index (χ4v) is 1.89. The quantitative estimate of drug-likeness (QED) is 0.780. The number of hydrogen-bond donors (Lipinski definition) is 0. The van der Waals surface area contributed by atoms with Gasteiger partial charge in [0.15, 0.2) is 4.98 Å². The van der Waals surface area contributed by atoms with Crippen molar-refractivity contribution in [3.8, 4) is 5.75 Å². The van der Waals surface area contributed by atoms with E-state index in [4.69, 9.17) is 10.1 Å². The maximum absolute atomic E-state index is 8.62. The molecule has 0 heterocycles. The molecule has 0 spiro atoms. The van der Waals surface area contributed by atoms with Crippen molar-refractivity contribution in [2.75, 3.05) is 0 Å². The van der Waals surface area contributed by atoms with Crippen molar-refractivity contribution in [2.24, 2.45) is 0 Å². The highest BCUT2D eigenvalue weighted by atomic mass is 79.9. The number of hydrogen-bond acceptors (Lipinski definition) is 2. The molecule has 0 unspecified atom stereocenters. The van der Waals surface area contributed by atoms with Crippen molar-refractivity contribution in [1.82, 2.24) is 0 Å². The van der Waals surface area contributed by atoms with Crippen LogP contribution in [-0.4, -0.2) is 0 Å². The maximum Gasteiger partial charge on any atom is 0.386 e. The number of halogens is 1. The van der Waals surface area contributed by atoms with Crippen LogP contribution in [0.1, 0.15) is 5.56 Å². The average Bonchev–Trinajstić information content (AvgIpc) is 2.38. The van der Waals surface area contributed by atoms with Gasteiger partial charge in [0, 0.05) is 6.07 Å². The first-order chi connectivity index (χ1) is 8.29. The topological polar surface area (TPSA) is 37.4 Å². The minimum absolute atomic E-state index is 0.490. The Hall–Kier alpha value is -1.86. The second kappa shape index (κ2) is 5.46. The van der Waals surface area contributed by atoms with Gasteiger partial charge in [-0.15, -0.1) is 0 Å². The molecule has 0 bridgehead atoms. The van der Waals surface area contributed by atoms with Crippen molar-refractivity contribution >= 4 is 21.6 Å². The van der Waals surface area contributed by atoms with Crippen LogP contribution in [0.15, 0.2) is 53.0 Å². The van der Waals surface area contributed by atoms with Gasteiger partial charge in [0.1, 0.15) is 12.4 Å². The van der Waals surface area contributed by atoms with Crippen molar-refractivity contribution in [3.05, 3.63) is 63.5 Å². The van der Waals surface area contributed by atoms with E-state index in [1.54, 1.807) is 18.2 Å². The van der Waals surface area contributed by atoms with Crippen LogP contribution in [0.4, 0.5) is 5.69 Å². The molecule has 0 fully saturated rings.